The van der Waals surface area contributed by atoms with Gasteiger partial charge in [0, 0.05) is 16.7 Å². The first kappa shape index (κ1) is 20.2. The molecule has 3 unspecified atom stereocenters. The van der Waals surface area contributed by atoms with Crippen LogP contribution in [0.25, 0.3) is 11.3 Å². The molecule has 1 saturated carbocycles. The van der Waals surface area contributed by atoms with Crippen LogP contribution in [0.4, 0.5) is 18.3 Å². The molecule has 0 radical (unpaired) electrons. The number of thiazole rings is 1. The Morgan fingerprint density at radius 1 is 1.03 bits per heavy atom. The van der Waals surface area contributed by atoms with Gasteiger partial charge in [-0.2, -0.15) is 23.3 Å². The van der Waals surface area contributed by atoms with Gasteiger partial charge >= 0.3 is 6.18 Å². The molecule has 8 heteroatoms. The third-order valence-electron chi connectivity index (χ3n) is 6.14. The van der Waals surface area contributed by atoms with E-state index in [0.717, 1.165) is 22.5 Å². The first-order chi connectivity index (χ1) is 14.9. The summed E-state index contributed by atoms with van der Waals surface area (Å²) < 4.78 is 43.0. The van der Waals surface area contributed by atoms with Gasteiger partial charge in [0.1, 0.15) is 0 Å². The number of hydrogen-bond acceptors (Lipinski definition) is 5. The van der Waals surface area contributed by atoms with Gasteiger partial charge < -0.3 is 5.11 Å². The third-order valence-corrected chi connectivity index (χ3v) is 6.96. The molecule has 1 fully saturated rings. The molecule has 0 saturated heterocycles. The van der Waals surface area contributed by atoms with Crippen LogP contribution in [0.2, 0.25) is 0 Å². The number of halogens is 3. The Morgan fingerprint density at radius 3 is 2.39 bits per heavy atom. The predicted octanol–water partition coefficient (Wildman–Crippen LogP) is 5.82. The van der Waals surface area contributed by atoms with Gasteiger partial charge in [-0.15, -0.1) is 11.3 Å². The zero-order valence-corrected chi connectivity index (χ0v) is 17.3. The fourth-order valence-electron chi connectivity index (χ4n) is 4.54. The summed E-state index contributed by atoms with van der Waals surface area (Å²) in [6.45, 7) is 0. The largest absolute Gasteiger partial charge is 0.439 e. The van der Waals surface area contributed by atoms with Crippen molar-refractivity contribution in [1.82, 2.24) is 4.98 Å². The topological polar surface area (TPSA) is 48.7 Å². The van der Waals surface area contributed by atoms with Crippen molar-refractivity contribution in [2.75, 3.05) is 5.01 Å². The molecule has 5 rings (SSSR count). The van der Waals surface area contributed by atoms with Gasteiger partial charge in [-0.05, 0) is 30.7 Å². The summed E-state index contributed by atoms with van der Waals surface area (Å²) >= 11 is 1.05. The molecule has 2 aromatic carbocycles. The number of aromatic nitrogens is 1. The van der Waals surface area contributed by atoms with Gasteiger partial charge in [-0.1, -0.05) is 60.7 Å². The maximum atomic E-state index is 14.3. The molecule has 0 spiro atoms. The first-order valence-corrected chi connectivity index (χ1v) is 11.0. The minimum absolute atomic E-state index is 0.0387. The van der Waals surface area contributed by atoms with Crippen molar-refractivity contribution in [3.05, 3.63) is 71.6 Å². The van der Waals surface area contributed by atoms with E-state index in [-0.39, 0.29) is 17.5 Å². The minimum atomic E-state index is -4.89. The molecular weight excluding hydrogens is 423 g/mol. The van der Waals surface area contributed by atoms with Crippen LogP contribution in [0.15, 0.2) is 71.1 Å². The fourth-order valence-corrected chi connectivity index (χ4v) is 5.38. The summed E-state index contributed by atoms with van der Waals surface area (Å²) in [4.78, 5) is 4.38. The highest BCUT2D eigenvalue weighted by molar-refractivity contribution is 7.14. The summed E-state index contributed by atoms with van der Waals surface area (Å²) in [5.41, 5.74) is -0.369. The number of aliphatic hydroxyl groups is 1. The highest BCUT2D eigenvalue weighted by Gasteiger charge is 2.68. The van der Waals surface area contributed by atoms with E-state index in [9.17, 15) is 18.3 Å². The number of anilines is 1. The van der Waals surface area contributed by atoms with Crippen molar-refractivity contribution < 1.29 is 18.3 Å². The monoisotopic (exact) mass is 443 g/mol. The molecule has 160 valence electrons. The fraction of sp³-hybridized carbons (Fsp3) is 0.304. The second-order valence-corrected chi connectivity index (χ2v) is 8.78. The number of benzene rings is 2. The first-order valence-electron chi connectivity index (χ1n) is 10.1. The van der Waals surface area contributed by atoms with Crippen molar-refractivity contribution in [2.24, 2.45) is 11.0 Å². The molecular formula is C23H20F3N3OS. The van der Waals surface area contributed by atoms with Crippen LogP contribution in [0.1, 0.15) is 30.7 Å². The van der Waals surface area contributed by atoms with Gasteiger partial charge in [0.2, 0.25) is 5.13 Å². The van der Waals surface area contributed by atoms with Crippen LogP contribution in [-0.2, 0) is 0 Å². The number of alkyl halides is 3. The van der Waals surface area contributed by atoms with E-state index in [0.29, 0.717) is 29.3 Å². The standard InChI is InChI=1S/C23H20F3N3OS/c24-23(25,26)22(30)18-13-17(15-7-3-1-4-8-15)11-12-19(18)28-29(22)21-27-20(14-31-21)16-9-5-2-6-10-16/h1-10,14,17-18,30H,11-13H2. The van der Waals surface area contributed by atoms with E-state index >= 15 is 0 Å². The minimum Gasteiger partial charge on any atom is -0.362 e. The lowest BCUT2D eigenvalue weighted by Gasteiger charge is -2.39. The van der Waals surface area contributed by atoms with Gasteiger partial charge in [0.25, 0.3) is 5.72 Å². The molecule has 1 aliphatic heterocycles. The highest BCUT2D eigenvalue weighted by Crippen LogP contribution is 2.52. The SMILES string of the molecule is OC1(C(F)(F)F)C2CC(c3ccccc3)CCC2=NN1c1nc(-c2ccccc2)cs1. The summed E-state index contributed by atoms with van der Waals surface area (Å²) in [7, 11) is 0. The van der Waals surface area contributed by atoms with Crippen LogP contribution in [-0.4, -0.2) is 27.7 Å². The molecule has 1 N–H and O–H groups in total. The van der Waals surface area contributed by atoms with E-state index in [1.807, 2.05) is 60.7 Å². The second-order valence-electron chi connectivity index (χ2n) is 7.94. The summed E-state index contributed by atoms with van der Waals surface area (Å²) in [6.07, 6.45) is -3.59. The highest BCUT2D eigenvalue weighted by atomic mass is 32.1. The lowest BCUT2D eigenvalue weighted by Crippen LogP contribution is -2.60. The molecule has 1 aliphatic carbocycles. The van der Waals surface area contributed by atoms with E-state index < -0.39 is 17.8 Å². The summed E-state index contributed by atoms with van der Waals surface area (Å²) in [5.74, 6) is -1.19. The normalized spacial score (nSPS) is 25.9. The van der Waals surface area contributed by atoms with Crippen molar-refractivity contribution in [2.45, 2.75) is 37.1 Å². The molecule has 1 aromatic heterocycles. The van der Waals surface area contributed by atoms with Crippen molar-refractivity contribution in [1.29, 1.82) is 0 Å². The maximum absolute atomic E-state index is 14.3. The lowest BCUT2D eigenvalue weighted by molar-refractivity contribution is -0.269. The van der Waals surface area contributed by atoms with Crippen molar-refractivity contribution in [3.63, 3.8) is 0 Å². The molecule has 2 heterocycles. The lowest BCUT2D eigenvalue weighted by atomic mass is 9.73. The third kappa shape index (κ3) is 3.34. The van der Waals surface area contributed by atoms with Crippen molar-refractivity contribution in [3.8, 4) is 11.3 Å². The number of nitrogens with zero attached hydrogens (tertiary/aromatic N) is 3. The smallest absolute Gasteiger partial charge is 0.362 e. The van der Waals surface area contributed by atoms with E-state index in [4.69, 9.17) is 0 Å². The molecule has 4 nitrogen and oxygen atoms in total. The van der Waals surface area contributed by atoms with Crippen LogP contribution >= 0.6 is 11.3 Å². The number of hydrogen-bond donors (Lipinski definition) is 1. The Labute approximate surface area is 181 Å². The van der Waals surface area contributed by atoms with E-state index in [1.54, 1.807) is 5.38 Å². The second kappa shape index (κ2) is 7.46. The van der Waals surface area contributed by atoms with E-state index in [1.165, 1.54) is 0 Å². The molecule has 3 aromatic rings. The molecule has 31 heavy (non-hydrogen) atoms. The maximum Gasteiger partial charge on any atom is 0.439 e. The molecule has 0 bridgehead atoms. The molecule has 0 amide bonds. The van der Waals surface area contributed by atoms with Gasteiger partial charge in [0.05, 0.1) is 11.6 Å². The number of hydrazone groups is 1. The zero-order valence-electron chi connectivity index (χ0n) is 16.5. The summed E-state index contributed by atoms with van der Waals surface area (Å²) in [5, 5.41) is 17.8. The van der Waals surface area contributed by atoms with Gasteiger partial charge in [0.15, 0.2) is 0 Å². The average molecular weight is 443 g/mol. The Bertz CT molecular complexity index is 1100. The van der Waals surface area contributed by atoms with E-state index in [2.05, 4.69) is 10.1 Å². The summed E-state index contributed by atoms with van der Waals surface area (Å²) in [6, 6.07) is 18.7. The number of rotatable bonds is 3. The van der Waals surface area contributed by atoms with Crippen LogP contribution in [0.3, 0.4) is 0 Å². The Morgan fingerprint density at radius 2 is 1.71 bits per heavy atom. The van der Waals surface area contributed by atoms with Gasteiger partial charge in [-0.25, -0.2) is 4.98 Å². The Hall–Kier alpha value is -2.71. The predicted molar refractivity (Wildman–Crippen MR) is 115 cm³/mol. The molecule has 2 aliphatic rings. The molecule has 3 atom stereocenters. The van der Waals surface area contributed by atoms with Crippen molar-refractivity contribution >= 4 is 22.2 Å². The van der Waals surface area contributed by atoms with Crippen LogP contribution in [0, 0.1) is 5.92 Å². The Balaban J connectivity index is 1.51. The van der Waals surface area contributed by atoms with Gasteiger partial charge in [-0.3, -0.25) is 0 Å². The Kier molecular flexibility index (Phi) is 4.86. The number of fused-ring (bicyclic) bond motifs is 1. The zero-order chi connectivity index (χ0) is 21.6. The average Bonchev–Trinajstić information content (AvgIpc) is 3.38. The van der Waals surface area contributed by atoms with Crippen LogP contribution in [0.5, 0.6) is 0 Å². The van der Waals surface area contributed by atoms with Crippen LogP contribution < -0.4 is 5.01 Å². The quantitative estimate of drug-likeness (QED) is 0.555.